The van der Waals surface area contributed by atoms with E-state index in [0.717, 1.165) is 37.3 Å². The number of anilines is 1. The van der Waals surface area contributed by atoms with E-state index in [1.807, 2.05) is 0 Å². The highest BCUT2D eigenvalue weighted by molar-refractivity contribution is 6.31. The van der Waals surface area contributed by atoms with Crippen molar-refractivity contribution in [2.24, 2.45) is 5.92 Å². The Labute approximate surface area is 172 Å². The lowest BCUT2D eigenvalue weighted by atomic mass is 10.2. The summed E-state index contributed by atoms with van der Waals surface area (Å²) in [7, 11) is 2.11. The van der Waals surface area contributed by atoms with Crippen molar-refractivity contribution in [1.29, 1.82) is 5.41 Å². The first-order chi connectivity index (χ1) is 13.9. The Morgan fingerprint density at radius 1 is 1.38 bits per heavy atom. The maximum atomic E-state index is 13.4. The van der Waals surface area contributed by atoms with Crippen LogP contribution in [0, 0.1) is 17.1 Å². The Balaban J connectivity index is 1.53. The fourth-order valence-electron chi connectivity index (χ4n) is 3.26. The lowest BCUT2D eigenvalue weighted by Crippen LogP contribution is -2.27. The zero-order valence-electron chi connectivity index (χ0n) is 16.0. The molecule has 29 heavy (non-hydrogen) atoms. The Kier molecular flexibility index (Phi) is 5.49. The maximum absolute atomic E-state index is 13.4. The van der Waals surface area contributed by atoms with Crippen molar-refractivity contribution in [3.05, 3.63) is 52.7 Å². The van der Waals surface area contributed by atoms with E-state index in [1.165, 1.54) is 25.0 Å². The van der Waals surface area contributed by atoms with Gasteiger partial charge in [0, 0.05) is 31.3 Å². The molecule has 1 saturated carbocycles. The predicted molar refractivity (Wildman–Crippen MR) is 110 cm³/mol. The number of hydroxylamine groups is 1. The maximum Gasteiger partial charge on any atom is 0.178 e. The number of H-pyrrole nitrogens is 1. The van der Waals surface area contributed by atoms with E-state index in [0.29, 0.717) is 21.8 Å². The van der Waals surface area contributed by atoms with Crippen molar-refractivity contribution >= 4 is 34.3 Å². The molecule has 0 spiro atoms. The largest absolute Gasteiger partial charge is 0.340 e. The zero-order chi connectivity index (χ0) is 20.5. The Bertz CT molecular complexity index is 1050. The highest BCUT2D eigenvalue weighted by Crippen LogP contribution is 2.29. The first-order valence-electron chi connectivity index (χ1n) is 9.47. The van der Waals surface area contributed by atoms with Gasteiger partial charge >= 0.3 is 0 Å². The first-order valence-corrected chi connectivity index (χ1v) is 9.85. The third kappa shape index (κ3) is 4.39. The van der Waals surface area contributed by atoms with Gasteiger partial charge in [0.15, 0.2) is 11.5 Å². The number of pyridine rings is 1. The van der Waals surface area contributed by atoms with Crippen LogP contribution >= 0.6 is 11.6 Å². The highest BCUT2D eigenvalue weighted by Gasteiger charge is 2.23. The van der Waals surface area contributed by atoms with Gasteiger partial charge < -0.3 is 9.88 Å². The number of amidine groups is 1. The van der Waals surface area contributed by atoms with Gasteiger partial charge in [-0.25, -0.2) is 19.4 Å². The van der Waals surface area contributed by atoms with Crippen LogP contribution in [-0.4, -0.2) is 51.0 Å². The smallest absolute Gasteiger partial charge is 0.178 e. The summed E-state index contributed by atoms with van der Waals surface area (Å²) in [5.41, 5.74) is 1.68. The van der Waals surface area contributed by atoms with Gasteiger partial charge in [0.05, 0.1) is 16.2 Å². The minimum Gasteiger partial charge on any atom is -0.340 e. The summed E-state index contributed by atoms with van der Waals surface area (Å²) in [6.07, 6.45) is 4.92. The number of nitrogens with one attached hydrogen (secondary N) is 2. The number of likely N-dealkylation sites (N-methyl/N-ethyl adjacent to an activating group) is 1. The van der Waals surface area contributed by atoms with Crippen LogP contribution in [0.25, 0.3) is 11.2 Å². The first kappa shape index (κ1) is 19.8. The second-order valence-electron chi connectivity index (χ2n) is 7.46. The van der Waals surface area contributed by atoms with Crippen LogP contribution in [0.15, 0.2) is 30.5 Å². The summed E-state index contributed by atoms with van der Waals surface area (Å²) in [6.45, 7) is 1.98. The molecule has 9 heteroatoms. The number of benzene rings is 1. The van der Waals surface area contributed by atoms with Crippen LogP contribution < -0.4 is 5.06 Å². The molecule has 3 aromatic rings. The number of hydrogen-bond donors (Lipinski definition) is 3. The second-order valence-corrected chi connectivity index (χ2v) is 7.86. The SMILES string of the molecule is CN(CCc1nc2nccc(C(=N)N(O)c3ccc(F)c(Cl)c3)c2[nH]1)CC1CC1. The van der Waals surface area contributed by atoms with Crippen molar-refractivity contribution in [3.63, 3.8) is 0 Å². The highest BCUT2D eigenvalue weighted by atomic mass is 35.5. The number of imidazole rings is 1. The lowest BCUT2D eigenvalue weighted by molar-refractivity contribution is 0.312. The summed E-state index contributed by atoms with van der Waals surface area (Å²) in [6, 6.07) is 5.38. The number of fused-ring (bicyclic) bond motifs is 1. The minimum atomic E-state index is -0.591. The third-order valence-corrected chi connectivity index (χ3v) is 5.34. The quantitative estimate of drug-likeness (QED) is 0.309. The molecule has 152 valence electrons. The molecule has 2 heterocycles. The number of aromatic amines is 1. The molecule has 1 fully saturated rings. The summed E-state index contributed by atoms with van der Waals surface area (Å²) < 4.78 is 13.4. The van der Waals surface area contributed by atoms with E-state index in [4.69, 9.17) is 17.0 Å². The molecule has 1 aromatic carbocycles. The van der Waals surface area contributed by atoms with Gasteiger partial charge in [-0.15, -0.1) is 0 Å². The molecule has 0 amide bonds. The molecule has 2 aromatic heterocycles. The molecule has 0 bridgehead atoms. The van der Waals surface area contributed by atoms with Gasteiger partial charge in [-0.2, -0.15) is 0 Å². The molecular weight excluding hydrogens is 395 g/mol. The van der Waals surface area contributed by atoms with Gasteiger partial charge in [-0.3, -0.25) is 10.6 Å². The zero-order valence-corrected chi connectivity index (χ0v) is 16.7. The van der Waals surface area contributed by atoms with Gasteiger partial charge in [0.25, 0.3) is 0 Å². The molecule has 1 aliphatic rings. The van der Waals surface area contributed by atoms with Crippen molar-refractivity contribution in [3.8, 4) is 0 Å². The monoisotopic (exact) mass is 416 g/mol. The lowest BCUT2D eigenvalue weighted by Gasteiger charge is -2.18. The number of hydrogen-bond acceptors (Lipinski definition) is 5. The summed E-state index contributed by atoms with van der Waals surface area (Å²) in [5, 5.41) is 19.4. The van der Waals surface area contributed by atoms with Crippen LogP contribution in [0.5, 0.6) is 0 Å². The average molecular weight is 417 g/mol. The Hall–Kier alpha value is -2.55. The van der Waals surface area contributed by atoms with Crippen LogP contribution in [0.2, 0.25) is 5.02 Å². The normalized spacial score (nSPS) is 14.0. The molecule has 4 rings (SSSR count). The molecule has 1 aliphatic carbocycles. The average Bonchev–Trinajstić information content (AvgIpc) is 3.42. The third-order valence-electron chi connectivity index (χ3n) is 5.05. The topological polar surface area (TPSA) is 92.1 Å². The fraction of sp³-hybridized carbons (Fsp3) is 0.350. The van der Waals surface area contributed by atoms with E-state index < -0.39 is 5.82 Å². The molecule has 0 atom stereocenters. The van der Waals surface area contributed by atoms with Gasteiger partial charge in [0.2, 0.25) is 0 Å². The fourth-order valence-corrected chi connectivity index (χ4v) is 3.44. The van der Waals surface area contributed by atoms with E-state index >= 15 is 0 Å². The van der Waals surface area contributed by atoms with Crippen LogP contribution in [0.4, 0.5) is 10.1 Å². The van der Waals surface area contributed by atoms with Crippen LogP contribution in [0.3, 0.4) is 0 Å². The van der Waals surface area contributed by atoms with Gasteiger partial charge in [-0.1, -0.05) is 11.6 Å². The predicted octanol–water partition coefficient (Wildman–Crippen LogP) is 3.86. The number of aromatic nitrogens is 3. The number of nitrogens with zero attached hydrogens (tertiary/aromatic N) is 4. The van der Waals surface area contributed by atoms with Gasteiger partial charge in [-0.05, 0) is 50.1 Å². The van der Waals surface area contributed by atoms with E-state index in [1.54, 1.807) is 12.3 Å². The molecule has 0 aliphatic heterocycles. The minimum absolute atomic E-state index is 0.131. The summed E-state index contributed by atoms with van der Waals surface area (Å²) in [5.74, 6) is 0.831. The molecule has 7 nitrogen and oxygen atoms in total. The number of rotatable bonds is 7. The van der Waals surface area contributed by atoms with E-state index in [2.05, 4.69) is 26.9 Å². The van der Waals surface area contributed by atoms with E-state index in [-0.39, 0.29) is 16.5 Å². The molecule has 3 N–H and O–H groups in total. The van der Waals surface area contributed by atoms with Crippen molar-refractivity contribution in [1.82, 2.24) is 19.9 Å². The molecule has 0 saturated heterocycles. The summed E-state index contributed by atoms with van der Waals surface area (Å²) >= 11 is 5.79. The Morgan fingerprint density at radius 2 is 2.17 bits per heavy atom. The van der Waals surface area contributed by atoms with Crippen LogP contribution in [0.1, 0.15) is 24.2 Å². The standard InChI is InChI=1S/C20H22ClFN6O/c1-27(11-12-2-3-12)9-7-17-25-18-14(6-8-24-20(18)26-17)19(23)28(29)13-4-5-16(22)15(21)10-13/h4-6,8,10,12,23,29H,2-3,7,9,11H2,1H3,(H,24,25,26). The Morgan fingerprint density at radius 3 is 2.90 bits per heavy atom. The molecule has 0 unspecified atom stereocenters. The van der Waals surface area contributed by atoms with E-state index in [9.17, 15) is 9.60 Å². The van der Waals surface area contributed by atoms with Crippen molar-refractivity contribution in [2.75, 3.05) is 25.2 Å². The van der Waals surface area contributed by atoms with Crippen molar-refractivity contribution < 1.29 is 9.60 Å². The summed E-state index contributed by atoms with van der Waals surface area (Å²) in [4.78, 5) is 14.3. The second kappa shape index (κ2) is 8.06. The number of halogens is 2. The molecule has 0 radical (unpaired) electrons. The van der Waals surface area contributed by atoms with Gasteiger partial charge in [0.1, 0.15) is 11.6 Å². The molecular formula is C20H22ClFN6O. The van der Waals surface area contributed by atoms with Crippen molar-refractivity contribution in [2.45, 2.75) is 19.3 Å². The van der Waals surface area contributed by atoms with Crippen LogP contribution in [-0.2, 0) is 6.42 Å².